The van der Waals surface area contributed by atoms with Gasteiger partial charge in [0.15, 0.2) is 0 Å². The summed E-state index contributed by atoms with van der Waals surface area (Å²) < 4.78 is 8.76. The van der Waals surface area contributed by atoms with Crippen molar-refractivity contribution >= 4 is 56.0 Å². The van der Waals surface area contributed by atoms with E-state index in [1.54, 1.807) is 0 Å². The minimum atomic E-state index is 0.877. The van der Waals surface area contributed by atoms with Crippen LogP contribution >= 0.6 is 0 Å². The van der Waals surface area contributed by atoms with E-state index >= 15 is 0 Å². The molecule has 0 atom stereocenters. The summed E-state index contributed by atoms with van der Waals surface area (Å²) in [6, 6.07) is 60.8. The van der Waals surface area contributed by atoms with Crippen molar-refractivity contribution < 1.29 is 4.42 Å². The lowest BCUT2D eigenvalue weighted by Crippen LogP contribution is -2.09. The van der Waals surface area contributed by atoms with Crippen molar-refractivity contribution in [1.82, 2.24) is 4.57 Å². The number of hydrogen-bond donors (Lipinski definition) is 0. The molecule has 0 radical (unpaired) electrons. The third-order valence-corrected chi connectivity index (χ3v) is 10.3. The predicted octanol–water partition coefficient (Wildman–Crippen LogP) is 13.3. The van der Waals surface area contributed by atoms with Crippen molar-refractivity contribution in [3.63, 3.8) is 0 Å². The Labute approximate surface area is 296 Å². The van der Waals surface area contributed by atoms with E-state index in [2.05, 4.69) is 179 Å². The summed E-state index contributed by atoms with van der Waals surface area (Å²) in [6.45, 7) is 0. The van der Waals surface area contributed by atoms with Gasteiger partial charge < -0.3 is 13.9 Å². The zero-order valence-electron chi connectivity index (χ0n) is 28.0. The Morgan fingerprint density at radius 1 is 0.471 bits per heavy atom. The third kappa shape index (κ3) is 5.05. The van der Waals surface area contributed by atoms with E-state index in [-0.39, 0.29) is 0 Å². The molecule has 51 heavy (non-hydrogen) atoms. The first-order valence-corrected chi connectivity index (χ1v) is 17.7. The average molecular weight is 655 g/mol. The number of furan rings is 1. The number of hydrogen-bond acceptors (Lipinski definition) is 2. The van der Waals surface area contributed by atoms with Crippen LogP contribution in [0.3, 0.4) is 0 Å². The fourth-order valence-corrected chi connectivity index (χ4v) is 7.83. The second-order valence-corrected chi connectivity index (χ2v) is 13.3. The standard InChI is InChI=1S/C48H34N2O/c1-2-11-33(12-3-1)34-21-25-37(26-22-34)49(40-29-30-44-43-17-6-9-20-47(43)51-48(44)32-40)38-27-23-35(24-28-38)36-13-10-14-39(31-36)50-45-18-7-4-15-41(45)42-16-5-8-19-46(42)50/h1-4,6-15,17-32H,5,16H2. The predicted molar refractivity (Wildman–Crippen MR) is 213 cm³/mol. The van der Waals surface area contributed by atoms with E-state index in [4.69, 9.17) is 4.42 Å². The van der Waals surface area contributed by atoms with E-state index in [0.717, 1.165) is 51.8 Å². The van der Waals surface area contributed by atoms with E-state index < -0.39 is 0 Å². The molecule has 0 saturated carbocycles. The summed E-state index contributed by atoms with van der Waals surface area (Å²) in [4.78, 5) is 2.31. The number of benzene rings is 7. The van der Waals surface area contributed by atoms with Gasteiger partial charge in [0.1, 0.15) is 11.2 Å². The molecule has 9 aromatic rings. The van der Waals surface area contributed by atoms with Gasteiger partial charge >= 0.3 is 0 Å². The smallest absolute Gasteiger partial charge is 0.137 e. The Kier molecular flexibility index (Phi) is 6.95. The van der Waals surface area contributed by atoms with Gasteiger partial charge in [-0.15, -0.1) is 0 Å². The van der Waals surface area contributed by atoms with Gasteiger partial charge in [-0.3, -0.25) is 0 Å². The molecule has 0 fully saturated rings. The summed E-state index contributed by atoms with van der Waals surface area (Å²) in [5, 5.41) is 3.61. The Hall–Kier alpha value is -6.58. The molecule has 3 heteroatoms. The topological polar surface area (TPSA) is 21.3 Å². The molecule has 0 amide bonds. The number of para-hydroxylation sites is 2. The van der Waals surface area contributed by atoms with Gasteiger partial charge in [-0.2, -0.15) is 0 Å². The van der Waals surface area contributed by atoms with Crippen molar-refractivity contribution in [3.8, 4) is 27.9 Å². The molecule has 2 heterocycles. The highest BCUT2D eigenvalue weighted by molar-refractivity contribution is 6.06. The van der Waals surface area contributed by atoms with Crippen LogP contribution in [0.4, 0.5) is 17.1 Å². The SMILES string of the molecule is C1=Cc2c(c3ccccc3n2-c2cccc(-c3ccc(N(c4ccc(-c5ccccc5)cc4)c4ccc5c(c4)oc4ccccc45)cc3)c2)CC1. The summed E-state index contributed by atoms with van der Waals surface area (Å²) in [5.41, 5.74) is 14.9. The fourth-order valence-electron chi connectivity index (χ4n) is 7.83. The molecule has 242 valence electrons. The zero-order valence-corrected chi connectivity index (χ0v) is 28.0. The molecule has 0 saturated heterocycles. The van der Waals surface area contributed by atoms with E-state index in [0.29, 0.717) is 0 Å². The molecule has 0 aliphatic heterocycles. The Bertz CT molecular complexity index is 2730. The maximum atomic E-state index is 6.34. The normalized spacial score (nSPS) is 12.5. The van der Waals surface area contributed by atoms with Gasteiger partial charge in [-0.1, -0.05) is 109 Å². The minimum Gasteiger partial charge on any atom is -0.456 e. The van der Waals surface area contributed by atoms with Gasteiger partial charge in [0.05, 0.1) is 5.52 Å². The lowest BCUT2D eigenvalue weighted by molar-refractivity contribution is 0.669. The first-order chi connectivity index (χ1) is 25.3. The lowest BCUT2D eigenvalue weighted by Gasteiger charge is -2.26. The molecule has 1 aliphatic rings. The van der Waals surface area contributed by atoms with Crippen molar-refractivity contribution in [2.24, 2.45) is 0 Å². The van der Waals surface area contributed by atoms with Gasteiger partial charge in [0.2, 0.25) is 0 Å². The minimum absolute atomic E-state index is 0.877. The average Bonchev–Trinajstić information content (AvgIpc) is 3.74. The van der Waals surface area contributed by atoms with Crippen LogP contribution in [0.15, 0.2) is 180 Å². The second-order valence-electron chi connectivity index (χ2n) is 13.3. The van der Waals surface area contributed by atoms with E-state index in [1.165, 1.54) is 50.1 Å². The summed E-state index contributed by atoms with van der Waals surface area (Å²) in [7, 11) is 0. The first kappa shape index (κ1) is 29.3. The van der Waals surface area contributed by atoms with Crippen LogP contribution in [-0.4, -0.2) is 4.57 Å². The van der Waals surface area contributed by atoms with Crippen LogP contribution in [0.5, 0.6) is 0 Å². The molecule has 3 nitrogen and oxygen atoms in total. The van der Waals surface area contributed by atoms with Gasteiger partial charge in [-0.05, 0) is 107 Å². The number of aromatic nitrogens is 1. The lowest BCUT2D eigenvalue weighted by atomic mass is 10.0. The highest BCUT2D eigenvalue weighted by Crippen LogP contribution is 2.40. The largest absolute Gasteiger partial charge is 0.456 e. The van der Waals surface area contributed by atoms with Crippen LogP contribution in [0.25, 0.3) is 66.9 Å². The Balaban J connectivity index is 1.05. The molecule has 7 aromatic carbocycles. The van der Waals surface area contributed by atoms with E-state index in [1.807, 2.05) is 12.1 Å². The van der Waals surface area contributed by atoms with Crippen LogP contribution in [0, 0.1) is 0 Å². The zero-order chi connectivity index (χ0) is 33.7. The summed E-state index contributed by atoms with van der Waals surface area (Å²) >= 11 is 0. The monoisotopic (exact) mass is 654 g/mol. The Morgan fingerprint density at radius 2 is 1.10 bits per heavy atom. The molecule has 0 N–H and O–H groups in total. The van der Waals surface area contributed by atoms with E-state index in [9.17, 15) is 0 Å². The fraction of sp³-hybridized carbons (Fsp3) is 0.0417. The van der Waals surface area contributed by atoms with Crippen LogP contribution in [-0.2, 0) is 6.42 Å². The summed E-state index contributed by atoms with van der Waals surface area (Å²) in [6.07, 6.45) is 6.76. The number of nitrogens with zero attached hydrogens (tertiary/aromatic N) is 2. The van der Waals surface area contributed by atoms with Crippen LogP contribution < -0.4 is 4.90 Å². The maximum absolute atomic E-state index is 6.34. The molecule has 0 bridgehead atoms. The number of aryl methyl sites for hydroxylation is 1. The van der Waals surface area contributed by atoms with Gasteiger partial charge in [-0.25, -0.2) is 0 Å². The van der Waals surface area contributed by atoms with Crippen molar-refractivity contribution in [2.45, 2.75) is 12.8 Å². The van der Waals surface area contributed by atoms with Crippen LogP contribution in [0.1, 0.15) is 17.7 Å². The number of allylic oxidation sites excluding steroid dienone is 1. The number of fused-ring (bicyclic) bond motifs is 6. The molecular weight excluding hydrogens is 621 g/mol. The molecule has 10 rings (SSSR count). The van der Waals surface area contributed by atoms with Gasteiger partial charge in [0, 0.05) is 50.7 Å². The van der Waals surface area contributed by atoms with Crippen molar-refractivity contribution in [2.75, 3.05) is 4.90 Å². The van der Waals surface area contributed by atoms with Crippen LogP contribution in [0.2, 0.25) is 0 Å². The summed E-state index contributed by atoms with van der Waals surface area (Å²) in [5.74, 6) is 0. The molecule has 0 unspecified atom stereocenters. The third-order valence-electron chi connectivity index (χ3n) is 10.3. The maximum Gasteiger partial charge on any atom is 0.137 e. The Morgan fingerprint density at radius 3 is 1.90 bits per heavy atom. The molecule has 1 aliphatic carbocycles. The number of anilines is 3. The van der Waals surface area contributed by atoms with Gasteiger partial charge in [0.25, 0.3) is 0 Å². The highest BCUT2D eigenvalue weighted by Gasteiger charge is 2.19. The highest BCUT2D eigenvalue weighted by atomic mass is 16.3. The second kappa shape index (κ2) is 12.1. The number of rotatable bonds is 6. The van der Waals surface area contributed by atoms with Crippen molar-refractivity contribution in [1.29, 1.82) is 0 Å². The molecule has 0 spiro atoms. The molecular formula is C48H34N2O. The first-order valence-electron chi connectivity index (χ1n) is 17.7. The molecule has 2 aromatic heterocycles. The van der Waals surface area contributed by atoms with Crippen molar-refractivity contribution in [3.05, 3.63) is 187 Å². The quantitative estimate of drug-likeness (QED) is 0.178.